The van der Waals surface area contributed by atoms with E-state index in [0.29, 0.717) is 31.9 Å². The van der Waals surface area contributed by atoms with Gasteiger partial charge in [0.25, 0.3) is 0 Å². The molecular formula is C27H42N6O4. The van der Waals surface area contributed by atoms with Gasteiger partial charge in [-0.2, -0.15) is 4.98 Å². The molecule has 1 atom stereocenters. The van der Waals surface area contributed by atoms with E-state index < -0.39 is 5.60 Å². The third-order valence-electron chi connectivity index (χ3n) is 6.28. The number of likely N-dealkylation sites (tertiary alicyclic amines) is 1. The van der Waals surface area contributed by atoms with E-state index in [4.69, 9.17) is 15.2 Å². The van der Waals surface area contributed by atoms with Gasteiger partial charge in [-0.15, -0.1) is 0 Å². The highest BCUT2D eigenvalue weighted by Crippen LogP contribution is 2.28. The molecule has 0 unspecified atom stereocenters. The summed E-state index contributed by atoms with van der Waals surface area (Å²) in [5.74, 6) is 1.62. The summed E-state index contributed by atoms with van der Waals surface area (Å²) in [6.45, 7) is 11.5. The third-order valence-corrected chi connectivity index (χ3v) is 6.28. The van der Waals surface area contributed by atoms with Gasteiger partial charge in [0.2, 0.25) is 5.95 Å². The average Bonchev–Trinajstić information content (AvgIpc) is 2.79. The third kappa shape index (κ3) is 7.93. The second-order valence-corrected chi connectivity index (χ2v) is 10.6. The van der Waals surface area contributed by atoms with Crippen LogP contribution in [0.5, 0.6) is 5.75 Å². The number of amides is 1. The van der Waals surface area contributed by atoms with Crippen molar-refractivity contribution in [3.05, 3.63) is 40.6 Å². The smallest absolute Gasteiger partial charge is 0.410 e. The zero-order valence-corrected chi connectivity index (χ0v) is 22.9. The van der Waals surface area contributed by atoms with E-state index in [2.05, 4.69) is 39.7 Å². The zero-order valence-electron chi connectivity index (χ0n) is 22.9. The number of aromatic nitrogens is 2. The molecule has 1 aliphatic heterocycles. The van der Waals surface area contributed by atoms with Crippen molar-refractivity contribution in [2.24, 2.45) is 0 Å². The van der Waals surface area contributed by atoms with Crippen molar-refractivity contribution >= 4 is 17.9 Å². The number of hydrogen-bond donors (Lipinski definition) is 4. The molecule has 1 aromatic carbocycles. The molecule has 0 radical (unpaired) electrons. The average molecular weight is 515 g/mol. The monoisotopic (exact) mass is 514 g/mol. The van der Waals surface area contributed by atoms with Gasteiger partial charge in [0.1, 0.15) is 17.2 Å². The number of aliphatic hydroxyl groups is 1. The Labute approximate surface area is 220 Å². The molecule has 1 amide bonds. The Morgan fingerprint density at radius 3 is 2.65 bits per heavy atom. The number of aliphatic hydroxyl groups excluding tert-OH is 1. The first-order chi connectivity index (χ1) is 17.5. The second-order valence-electron chi connectivity index (χ2n) is 10.6. The summed E-state index contributed by atoms with van der Waals surface area (Å²) in [5.41, 5.74) is 9.24. The van der Waals surface area contributed by atoms with Crippen LogP contribution in [-0.4, -0.2) is 70.6 Å². The summed E-state index contributed by atoms with van der Waals surface area (Å²) in [6.07, 6.45) is 2.05. The van der Waals surface area contributed by atoms with E-state index in [-0.39, 0.29) is 30.7 Å². The molecule has 0 saturated carbocycles. The van der Waals surface area contributed by atoms with Gasteiger partial charge in [-0.25, -0.2) is 9.78 Å². The molecular weight excluding hydrogens is 472 g/mol. The number of benzene rings is 1. The van der Waals surface area contributed by atoms with Crippen LogP contribution in [0.15, 0.2) is 18.2 Å². The van der Waals surface area contributed by atoms with E-state index in [1.807, 2.05) is 33.8 Å². The normalized spacial score (nSPS) is 14.7. The first-order valence-electron chi connectivity index (χ1n) is 12.9. The number of carbonyl (C=O) groups excluding carboxylic acids is 1. The number of nitrogen functional groups attached to an aromatic ring is 1. The van der Waals surface area contributed by atoms with Gasteiger partial charge in [0.05, 0.1) is 19.8 Å². The highest BCUT2D eigenvalue weighted by Gasteiger charge is 2.33. The minimum atomic E-state index is -0.488. The number of carbonyl (C=O) groups is 1. The predicted molar refractivity (Wildman–Crippen MR) is 145 cm³/mol. The number of ether oxygens (including phenoxy) is 2. The molecule has 0 bridgehead atoms. The molecule has 37 heavy (non-hydrogen) atoms. The van der Waals surface area contributed by atoms with E-state index >= 15 is 0 Å². The van der Waals surface area contributed by atoms with Gasteiger partial charge in [0.15, 0.2) is 0 Å². The fraction of sp³-hybridized carbons (Fsp3) is 0.593. The SMILES string of the molecule is CCC[C@@H](CO)Nc1nc(N)nc(C)c1Cc1ccc(CNC2CN(C(=O)OC(C)(C)C)C2)cc1OC. The Morgan fingerprint density at radius 2 is 2.03 bits per heavy atom. The number of nitrogens with two attached hydrogens (primary N) is 1. The van der Waals surface area contributed by atoms with E-state index in [9.17, 15) is 9.90 Å². The van der Waals surface area contributed by atoms with Gasteiger partial charge in [-0.1, -0.05) is 25.5 Å². The lowest BCUT2D eigenvalue weighted by Gasteiger charge is -2.40. The predicted octanol–water partition coefficient (Wildman–Crippen LogP) is 3.25. The molecule has 10 nitrogen and oxygen atoms in total. The zero-order chi connectivity index (χ0) is 27.2. The van der Waals surface area contributed by atoms with E-state index in [1.54, 1.807) is 12.0 Å². The number of hydrogen-bond acceptors (Lipinski definition) is 9. The van der Waals surface area contributed by atoms with Crippen molar-refractivity contribution < 1.29 is 19.4 Å². The van der Waals surface area contributed by atoms with Crippen LogP contribution in [0.2, 0.25) is 0 Å². The lowest BCUT2D eigenvalue weighted by Crippen LogP contribution is -2.60. The van der Waals surface area contributed by atoms with Gasteiger partial charge in [-0.05, 0) is 51.3 Å². The lowest BCUT2D eigenvalue weighted by molar-refractivity contribution is 0.00518. The number of rotatable bonds is 11. The molecule has 1 fully saturated rings. The summed E-state index contributed by atoms with van der Waals surface area (Å²) in [5, 5.41) is 16.6. The molecule has 5 N–H and O–H groups in total. The fourth-order valence-corrected chi connectivity index (χ4v) is 4.28. The summed E-state index contributed by atoms with van der Waals surface area (Å²) >= 11 is 0. The maximum absolute atomic E-state index is 12.1. The molecule has 2 heterocycles. The van der Waals surface area contributed by atoms with Gasteiger partial charge in [-0.3, -0.25) is 0 Å². The largest absolute Gasteiger partial charge is 0.496 e. The molecule has 0 spiro atoms. The van der Waals surface area contributed by atoms with Crippen molar-refractivity contribution in [3.63, 3.8) is 0 Å². The second kappa shape index (κ2) is 12.4. The van der Waals surface area contributed by atoms with Gasteiger partial charge in [0, 0.05) is 43.4 Å². The van der Waals surface area contributed by atoms with Gasteiger partial charge < -0.3 is 35.8 Å². The minimum absolute atomic E-state index is 0.0117. The number of methoxy groups -OCH3 is 1. The minimum Gasteiger partial charge on any atom is -0.496 e. The van der Waals surface area contributed by atoms with Crippen LogP contribution in [0.1, 0.15) is 62.9 Å². The number of nitrogens with zero attached hydrogens (tertiary/aromatic N) is 3. The Kier molecular flexibility index (Phi) is 9.56. The van der Waals surface area contributed by atoms with Crippen molar-refractivity contribution in [2.75, 3.05) is 37.9 Å². The van der Waals surface area contributed by atoms with Crippen LogP contribution in [0.4, 0.5) is 16.6 Å². The van der Waals surface area contributed by atoms with E-state index in [0.717, 1.165) is 41.0 Å². The molecule has 1 aliphatic rings. The molecule has 1 saturated heterocycles. The Morgan fingerprint density at radius 1 is 1.30 bits per heavy atom. The van der Waals surface area contributed by atoms with Crippen LogP contribution in [0.3, 0.4) is 0 Å². The molecule has 1 aromatic heterocycles. The summed E-state index contributed by atoms with van der Waals surface area (Å²) in [6, 6.07) is 6.28. The standard InChI is InChI=1S/C27H42N6O4/c1-7-8-20(16-34)31-24-22(17(2)30-25(28)32-24)12-19-10-9-18(11-23(19)36-6)13-29-21-14-33(15-21)26(35)37-27(3,4)5/h9-11,20-21,29,34H,7-8,12-16H2,1-6H3,(H3,28,30,31,32)/t20-/m0/s1. The molecule has 0 aliphatic carbocycles. The molecule has 2 aromatic rings. The highest BCUT2D eigenvalue weighted by atomic mass is 16.6. The van der Waals surface area contributed by atoms with E-state index in [1.165, 1.54) is 0 Å². The van der Waals surface area contributed by atoms with Crippen molar-refractivity contribution in [3.8, 4) is 5.75 Å². The van der Waals surface area contributed by atoms with Crippen LogP contribution in [0.25, 0.3) is 0 Å². The van der Waals surface area contributed by atoms with Crippen molar-refractivity contribution in [1.29, 1.82) is 0 Å². The summed E-state index contributed by atoms with van der Waals surface area (Å²) in [7, 11) is 1.66. The Balaban J connectivity index is 1.65. The van der Waals surface area contributed by atoms with Crippen molar-refractivity contribution in [1.82, 2.24) is 20.2 Å². The van der Waals surface area contributed by atoms with Crippen LogP contribution < -0.4 is 21.1 Å². The Bertz CT molecular complexity index is 1070. The number of nitrogens with one attached hydrogen (secondary N) is 2. The molecule has 3 rings (SSSR count). The number of aryl methyl sites for hydroxylation is 1. The highest BCUT2D eigenvalue weighted by molar-refractivity contribution is 5.69. The quantitative estimate of drug-likeness (QED) is 0.356. The fourth-order valence-electron chi connectivity index (χ4n) is 4.28. The maximum Gasteiger partial charge on any atom is 0.410 e. The maximum atomic E-state index is 12.1. The van der Waals surface area contributed by atoms with Crippen LogP contribution >= 0.6 is 0 Å². The topological polar surface area (TPSA) is 135 Å². The van der Waals surface area contributed by atoms with Crippen LogP contribution in [0, 0.1) is 6.92 Å². The number of anilines is 2. The van der Waals surface area contributed by atoms with Crippen molar-refractivity contribution in [2.45, 2.75) is 78.1 Å². The Hall–Kier alpha value is -3.11. The first kappa shape index (κ1) is 28.5. The molecule has 10 heteroatoms. The summed E-state index contributed by atoms with van der Waals surface area (Å²) in [4.78, 5) is 22.6. The lowest BCUT2D eigenvalue weighted by atomic mass is 10.0. The summed E-state index contributed by atoms with van der Waals surface area (Å²) < 4.78 is 11.1. The first-order valence-corrected chi connectivity index (χ1v) is 12.9. The van der Waals surface area contributed by atoms with Crippen LogP contribution in [-0.2, 0) is 17.7 Å². The van der Waals surface area contributed by atoms with Gasteiger partial charge >= 0.3 is 6.09 Å². The molecule has 204 valence electrons.